The highest BCUT2D eigenvalue weighted by Crippen LogP contribution is 2.40. The molecule has 10 nitrogen and oxygen atoms in total. The Hall–Kier alpha value is -2.02. The number of ether oxygens (including phenoxy) is 1. The third-order valence-electron chi connectivity index (χ3n) is 4.92. The van der Waals surface area contributed by atoms with Gasteiger partial charge < -0.3 is 14.9 Å². The number of hydrogen-bond donors (Lipinski definition) is 2. The van der Waals surface area contributed by atoms with E-state index >= 15 is 0 Å². The van der Waals surface area contributed by atoms with Crippen molar-refractivity contribution in [3.05, 3.63) is 44.5 Å². The predicted octanol–water partition coefficient (Wildman–Crippen LogP) is -0.504. The van der Waals surface area contributed by atoms with E-state index in [4.69, 9.17) is 4.74 Å². The zero-order chi connectivity index (χ0) is 21.7. The largest absolute Gasteiger partial charge is 0.395 e. The van der Waals surface area contributed by atoms with Gasteiger partial charge in [-0.15, -0.1) is 16.9 Å². The van der Waals surface area contributed by atoms with E-state index in [1.165, 1.54) is 27.2 Å². The number of thioether (sulfide) groups is 1. The summed E-state index contributed by atoms with van der Waals surface area (Å²) >= 11 is 1.32. The number of hydrogen-bond acceptors (Lipinski definition) is 8. The highest BCUT2D eigenvalue weighted by Gasteiger charge is 2.35. The summed E-state index contributed by atoms with van der Waals surface area (Å²) in [5.74, 6) is 0. The van der Waals surface area contributed by atoms with Gasteiger partial charge in [0, 0.05) is 30.8 Å². The molecule has 2 aromatic rings. The number of nitrogens with zero attached hydrogens (tertiary/aromatic N) is 5. The first-order chi connectivity index (χ1) is 14.4. The van der Waals surface area contributed by atoms with Gasteiger partial charge in [0.1, 0.15) is 6.67 Å². The van der Waals surface area contributed by atoms with Crippen LogP contribution >= 0.6 is 11.8 Å². The van der Waals surface area contributed by atoms with E-state index in [9.17, 15) is 24.2 Å². The lowest BCUT2D eigenvalue weighted by Crippen LogP contribution is -2.42. The zero-order valence-electron chi connectivity index (χ0n) is 16.7. The summed E-state index contributed by atoms with van der Waals surface area (Å²) in [6, 6.07) is 0. The summed E-state index contributed by atoms with van der Waals surface area (Å²) in [6.45, 7) is 1.69. The van der Waals surface area contributed by atoms with Crippen LogP contribution in [0.1, 0.15) is 23.1 Å². The monoisotopic (exact) mass is 442 g/mol. The topological polar surface area (TPSA) is 124 Å². The van der Waals surface area contributed by atoms with Crippen LogP contribution in [-0.2, 0) is 24.2 Å². The molecular weight excluding hydrogens is 416 g/mol. The lowest BCUT2D eigenvalue weighted by molar-refractivity contribution is 0.125. The molecule has 12 heteroatoms. The Balaban J connectivity index is 1.59. The van der Waals surface area contributed by atoms with Gasteiger partial charge in [-0.05, 0) is 6.92 Å². The summed E-state index contributed by atoms with van der Waals surface area (Å²) in [7, 11) is 0. The summed E-state index contributed by atoms with van der Waals surface area (Å²) in [6.07, 6.45) is 3.27. The van der Waals surface area contributed by atoms with Crippen LogP contribution < -0.4 is 11.2 Å². The van der Waals surface area contributed by atoms with Crippen molar-refractivity contribution in [1.82, 2.24) is 24.1 Å². The molecule has 0 spiro atoms. The number of rotatable bonds is 10. The van der Waals surface area contributed by atoms with Crippen molar-refractivity contribution in [1.29, 1.82) is 0 Å². The SMILES string of the molecule is Cc1cn(C2CC(O)[C@@H](CO)S2)c(=O)n(CCOCCc2cn(CC[18F])nn2)c1=O. The third-order valence-corrected chi connectivity index (χ3v) is 6.47. The average molecular weight is 443 g/mol. The Labute approximate surface area is 176 Å². The molecule has 3 atom stereocenters. The van der Waals surface area contributed by atoms with Gasteiger partial charge in [-0.25, -0.2) is 13.9 Å². The fourth-order valence-electron chi connectivity index (χ4n) is 3.30. The second kappa shape index (κ2) is 10.3. The summed E-state index contributed by atoms with van der Waals surface area (Å²) < 4.78 is 21.8. The molecule has 1 saturated heterocycles. The minimum Gasteiger partial charge on any atom is -0.395 e. The first-order valence-electron chi connectivity index (χ1n) is 9.74. The standard InChI is InChI=1S/C18H26FN5O5S/c1-12-9-24(16-8-14(26)15(11-25)30-16)18(28)23(17(12)27)5-7-29-6-2-13-10-22(4-3-19)21-20-13/h9-10,14-16,25-26H,2-8,11H2,1H3/t14?,15-,16?/m1/s1/i19-1. The highest BCUT2D eigenvalue weighted by molar-refractivity contribution is 8.00. The molecule has 0 aromatic carbocycles. The number of aliphatic hydroxyl groups is 2. The molecule has 2 unspecified atom stereocenters. The molecule has 1 aliphatic heterocycles. The minimum atomic E-state index is -0.705. The van der Waals surface area contributed by atoms with Gasteiger partial charge in [-0.3, -0.25) is 13.9 Å². The van der Waals surface area contributed by atoms with Crippen LogP contribution in [0.3, 0.4) is 0 Å². The molecule has 0 radical (unpaired) electrons. The lowest BCUT2D eigenvalue weighted by Gasteiger charge is -2.16. The minimum absolute atomic E-state index is 0.0945. The quantitative estimate of drug-likeness (QED) is 0.472. The molecule has 2 N–H and O–H groups in total. The van der Waals surface area contributed by atoms with Crippen molar-refractivity contribution in [2.24, 2.45) is 0 Å². The van der Waals surface area contributed by atoms with Crippen molar-refractivity contribution < 1.29 is 19.3 Å². The molecule has 3 heterocycles. The van der Waals surface area contributed by atoms with Crippen LogP contribution in [0.4, 0.5) is 4.39 Å². The first kappa shape index (κ1) is 22.7. The maximum absolute atomic E-state index is 12.8. The van der Waals surface area contributed by atoms with E-state index in [2.05, 4.69) is 10.3 Å². The molecule has 1 fully saturated rings. The fourth-order valence-corrected chi connectivity index (χ4v) is 4.67. The Bertz CT molecular complexity index is 961. The van der Waals surface area contributed by atoms with Crippen molar-refractivity contribution in [2.75, 3.05) is 26.5 Å². The number of aliphatic hydroxyl groups excluding tert-OH is 2. The van der Waals surface area contributed by atoms with E-state index in [0.717, 1.165) is 4.57 Å². The van der Waals surface area contributed by atoms with Crippen molar-refractivity contribution in [2.45, 2.75) is 49.6 Å². The first-order valence-corrected chi connectivity index (χ1v) is 10.7. The van der Waals surface area contributed by atoms with Crippen LogP contribution in [0.2, 0.25) is 0 Å². The van der Waals surface area contributed by atoms with Crippen LogP contribution in [-0.4, -0.2) is 72.2 Å². The maximum atomic E-state index is 12.8. The van der Waals surface area contributed by atoms with Crippen LogP contribution in [0.5, 0.6) is 0 Å². The van der Waals surface area contributed by atoms with Crippen LogP contribution in [0, 0.1) is 6.92 Å². The number of halogens is 1. The molecular formula is C18H26FN5O5S. The maximum Gasteiger partial charge on any atom is 0.332 e. The van der Waals surface area contributed by atoms with E-state index < -0.39 is 18.5 Å². The fraction of sp³-hybridized carbons (Fsp3) is 0.667. The van der Waals surface area contributed by atoms with Gasteiger partial charge in [0.25, 0.3) is 5.56 Å². The summed E-state index contributed by atoms with van der Waals surface area (Å²) in [5.41, 5.74) is 0.248. The second-order valence-corrected chi connectivity index (χ2v) is 8.52. The molecule has 0 bridgehead atoms. The summed E-state index contributed by atoms with van der Waals surface area (Å²) in [5, 5.41) is 26.4. The van der Waals surface area contributed by atoms with Crippen LogP contribution in [0.25, 0.3) is 0 Å². The Morgan fingerprint density at radius 3 is 2.80 bits per heavy atom. The van der Waals surface area contributed by atoms with Gasteiger partial charge in [0.2, 0.25) is 0 Å². The van der Waals surface area contributed by atoms with Gasteiger partial charge >= 0.3 is 5.69 Å². The van der Waals surface area contributed by atoms with Crippen molar-refractivity contribution >= 4 is 11.8 Å². The highest BCUT2D eigenvalue weighted by atomic mass is 32.2. The van der Waals surface area contributed by atoms with Gasteiger partial charge in [0.15, 0.2) is 0 Å². The Morgan fingerprint density at radius 2 is 2.10 bits per heavy atom. The Kier molecular flexibility index (Phi) is 7.81. The molecule has 0 aliphatic carbocycles. The normalized spacial score (nSPS) is 21.4. The average Bonchev–Trinajstić information content (AvgIpc) is 3.33. The third kappa shape index (κ3) is 5.17. The van der Waals surface area contributed by atoms with Gasteiger partial charge in [-0.1, -0.05) is 5.21 Å². The molecule has 30 heavy (non-hydrogen) atoms. The van der Waals surface area contributed by atoms with Crippen molar-refractivity contribution in [3.8, 4) is 0 Å². The molecule has 2 aromatic heterocycles. The van der Waals surface area contributed by atoms with E-state index in [1.807, 2.05) is 0 Å². The molecule has 0 saturated carbocycles. The lowest BCUT2D eigenvalue weighted by atomic mass is 10.2. The zero-order valence-corrected chi connectivity index (χ0v) is 17.5. The summed E-state index contributed by atoms with van der Waals surface area (Å²) in [4.78, 5) is 25.3. The number of aromatic nitrogens is 5. The van der Waals surface area contributed by atoms with E-state index in [0.29, 0.717) is 30.7 Å². The Morgan fingerprint density at radius 1 is 1.30 bits per heavy atom. The van der Waals surface area contributed by atoms with Crippen LogP contribution in [0.15, 0.2) is 22.0 Å². The molecule has 3 rings (SSSR count). The van der Waals surface area contributed by atoms with Crippen molar-refractivity contribution in [3.63, 3.8) is 0 Å². The number of alkyl halides is 1. The molecule has 166 valence electrons. The second-order valence-electron chi connectivity index (χ2n) is 7.10. The predicted molar refractivity (Wildman–Crippen MR) is 108 cm³/mol. The van der Waals surface area contributed by atoms with E-state index in [1.54, 1.807) is 13.1 Å². The number of aryl methyl sites for hydroxylation is 2. The van der Waals surface area contributed by atoms with E-state index in [-0.39, 0.29) is 42.5 Å². The molecule has 1 aliphatic rings. The smallest absolute Gasteiger partial charge is 0.332 e. The molecule has 0 amide bonds. The van der Waals surface area contributed by atoms with Gasteiger partial charge in [0.05, 0.1) is 55.3 Å². The van der Waals surface area contributed by atoms with Gasteiger partial charge in [-0.2, -0.15) is 0 Å².